The molecule has 0 amide bonds. The first-order valence-electron chi connectivity index (χ1n) is 19.6. The van der Waals surface area contributed by atoms with E-state index in [1.165, 1.54) is 10.3 Å². The third kappa shape index (κ3) is 20.2. The molecule has 0 aromatic heterocycles. The molecular formula is C44H51CuF12N3O6P. The van der Waals surface area contributed by atoms with Gasteiger partial charge in [0.1, 0.15) is 0 Å². The van der Waals surface area contributed by atoms with E-state index in [0.717, 1.165) is 29.1 Å². The third-order valence-electron chi connectivity index (χ3n) is 9.57. The Balaban J connectivity index is 0.00000105. The van der Waals surface area contributed by atoms with E-state index in [1.807, 2.05) is 100 Å². The summed E-state index contributed by atoms with van der Waals surface area (Å²) in [7, 11) is -3.14. The second-order valence-electron chi connectivity index (χ2n) is 17.2. The van der Waals surface area contributed by atoms with E-state index in [2.05, 4.69) is 57.2 Å². The van der Waals surface area contributed by atoms with Gasteiger partial charge in [-0.3, -0.25) is 19.2 Å². The smallest absolute Gasteiger partial charge is 0.869 e. The van der Waals surface area contributed by atoms with Crippen LogP contribution in [0.4, 0.5) is 58.4 Å². The first-order chi connectivity index (χ1) is 29.7. The summed E-state index contributed by atoms with van der Waals surface area (Å²) in [5.41, 5.74) is 1.19. The Hall–Kier alpha value is -4.65. The predicted molar refractivity (Wildman–Crippen MR) is 222 cm³/mol. The largest absolute Gasteiger partial charge is 1.00 e. The second-order valence-corrected chi connectivity index (χ2v) is 19.7. The van der Waals surface area contributed by atoms with Crippen molar-refractivity contribution in [3.05, 3.63) is 119 Å². The minimum atomic E-state index is -5.46. The van der Waals surface area contributed by atoms with Crippen molar-refractivity contribution in [3.63, 3.8) is 0 Å². The molecule has 67 heavy (non-hydrogen) atoms. The molecule has 3 aromatic rings. The summed E-state index contributed by atoms with van der Waals surface area (Å²) in [6.45, 7) is 18.7. The fraction of sp³-hybridized carbons (Fsp3) is 0.455. The standard InChI is InChI=1S/C27H41N3O2P.C7H8.2C5H2F6O2.Cu/c1-20(25(2,3)4)29-33(32,22-14-10-9-11-15-22)24-17-13-12-16-23(24)28-21-18-26(5,6)30(31)27(7,8)19-21;1-7-5-3-2-4-6-7;2*6-4(7,8)2(12)1-3(13)5(9,10)11;/h9-17,20-21,28H,18-19H2,1-8H3,(H,29,32);2-6H,1H3;2*1,12H;/q+1;;;;+1/p-2/b;;2*2-1-;/t20-,33-;;;;/m0..../s1. The normalized spacial score (nSPS) is 17.0. The minimum absolute atomic E-state index is 0. The maximum absolute atomic E-state index is 14.8. The van der Waals surface area contributed by atoms with Crippen LogP contribution in [0.5, 0.6) is 0 Å². The maximum atomic E-state index is 14.8. The van der Waals surface area contributed by atoms with Crippen molar-refractivity contribution >= 4 is 35.2 Å². The number of hydrogen-bond acceptors (Lipinski definition) is 7. The van der Waals surface area contributed by atoms with Gasteiger partial charge in [0.15, 0.2) is 0 Å². The number of nitrogens with zero attached hydrogens (tertiary/aromatic N) is 1. The second kappa shape index (κ2) is 24.1. The summed E-state index contributed by atoms with van der Waals surface area (Å²) in [4.78, 5) is 32.5. The first-order valence-corrected chi connectivity index (χ1v) is 21.3. The van der Waals surface area contributed by atoms with Gasteiger partial charge >= 0.3 is 41.8 Å². The molecule has 2 N–H and O–H groups in total. The number of aryl methyl sites for hydroxylation is 1. The molecule has 3 aromatic carbocycles. The molecule has 0 aliphatic carbocycles. The number of hydrogen-bond donors (Lipinski definition) is 2. The molecule has 0 radical (unpaired) electrons. The van der Waals surface area contributed by atoms with Crippen molar-refractivity contribution in [1.29, 1.82) is 0 Å². The van der Waals surface area contributed by atoms with Gasteiger partial charge in [-0.05, 0) is 67.2 Å². The van der Waals surface area contributed by atoms with Crippen LogP contribution in [0.3, 0.4) is 0 Å². The van der Waals surface area contributed by atoms with Crippen LogP contribution in [-0.4, -0.2) is 64.2 Å². The summed E-state index contributed by atoms with van der Waals surface area (Å²) >= 11 is 0. The van der Waals surface area contributed by atoms with Gasteiger partial charge in [-0.15, -0.1) is 0 Å². The molecule has 1 saturated heterocycles. The predicted octanol–water partition coefficient (Wildman–Crippen LogP) is 9.69. The van der Waals surface area contributed by atoms with Crippen molar-refractivity contribution in [1.82, 2.24) is 5.09 Å². The molecule has 0 spiro atoms. The number of anilines is 1. The molecule has 0 saturated carbocycles. The number of rotatable bonds is 8. The fourth-order valence-electron chi connectivity index (χ4n) is 5.94. The summed E-state index contributed by atoms with van der Waals surface area (Å²) in [5, 5.41) is 28.5. The van der Waals surface area contributed by atoms with Crippen LogP contribution in [0, 0.1) is 17.2 Å². The van der Waals surface area contributed by atoms with Crippen LogP contribution in [0.2, 0.25) is 0 Å². The Kier molecular flexibility index (Phi) is 22.4. The molecule has 378 valence electrons. The number of benzene rings is 3. The summed E-state index contributed by atoms with van der Waals surface area (Å²) in [5.74, 6) is -11.3. The van der Waals surface area contributed by atoms with Crippen LogP contribution >= 0.6 is 7.29 Å². The number of alkyl halides is 12. The SMILES string of the molecule is C[C@H](N[P@](=O)(c1ccccc1)c1ccccc1NC1CC(C)(C)[N+](=O)C(C)(C)C1)C(C)(C)C.Cc1ccccc1.O=C(/C=C(\[O-])C(F)(F)F)C(F)(F)F.O=C(/C=C(\[O-])C(F)(F)F)C(F)(F)F.[Cu+]. The van der Waals surface area contributed by atoms with Crippen molar-refractivity contribution < 1.29 is 98.9 Å². The molecule has 4 rings (SSSR count). The Bertz CT molecular complexity index is 2130. The van der Waals surface area contributed by atoms with Crippen molar-refractivity contribution in [2.24, 2.45) is 5.41 Å². The number of halogens is 12. The molecule has 23 heteroatoms. The van der Waals surface area contributed by atoms with E-state index in [-0.39, 0.29) is 34.6 Å². The van der Waals surface area contributed by atoms with Gasteiger partial charge in [0, 0.05) is 73.3 Å². The topological polar surface area (TPSA) is 141 Å². The van der Waals surface area contributed by atoms with Crippen molar-refractivity contribution in [3.8, 4) is 0 Å². The number of carbonyl (C=O) groups is 2. The molecule has 9 nitrogen and oxygen atoms in total. The molecular weight excluding hydrogens is 989 g/mol. The number of para-hydroxylation sites is 1. The number of carbonyl (C=O) groups excluding carboxylic acids is 2. The number of allylic oxidation sites excluding steroid dienone is 4. The van der Waals surface area contributed by atoms with Gasteiger partial charge in [0.05, 0.1) is 5.30 Å². The maximum Gasteiger partial charge on any atom is 1.00 e. The van der Waals surface area contributed by atoms with E-state index < -0.39 is 78.3 Å². The Morgan fingerprint density at radius 2 is 1.03 bits per heavy atom. The van der Waals surface area contributed by atoms with Crippen molar-refractivity contribution in [2.75, 3.05) is 5.32 Å². The van der Waals surface area contributed by atoms with Gasteiger partial charge in [0.2, 0.25) is 18.4 Å². The van der Waals surface area contributed by atoms with Crippen LogP contribution < -0.4 is 31.2 Å². The van der Waals surface area contributed by atoms with Crippen molar-refractivity contribution in [2.45, 2.75) is 123 Å². The molecule has 1 heterocycles. The number of nitrogens with one attached hydrogen (secondary N) is 2. The average Bonchev–Trinajstić information content (AvgIpc) is 3.16. The average molecular weight is 1040 g/mol. The van der Waals surface area contributed by atoms with E-state index in [9.17, 15) is 82.0 Å². The molecule has 1 aliphatic rings. The zero-order valence-electron chi connectivity index (χ0n) is 37.5. The fourth-order valence-corrected chi connectivity index (χ4v) is 8.81. The molecule has 0 bridgehead atoms. The zero-order chi connectivity index (χ0) is 51.5. The van der Waals surface area contributed by atoms with Gasteiger partial charge < -0.3 is 15.5 Å². The quantitative estimate of drug-likeness (QED) is 0.0568. The Morgan fingerprint density at radius 3 is 1.36 bits per heavy atom. The van der Waals surface area contributed by atoms with E-state index in [4.69, 9.17) is 0 Å². The van der Waals surface area contributed by atoms with Crippen LogP contribution in [0.15, 0.2) is 109 Å². The van der Waals surface area contributed by atoms with Gasteiger partial charge in [-0.1, -0.05) is 87.0 Å². The zero-order valence-corrected chi connectivity index (χ0v) is 39.3. The van der Waals surface area contributed by atoms with Gasteiger partial charge in [-0.2, -0.15) is 52.7 Å². The van der Waals surface area contributed by atoms with E-state index in [1.54, 1.807) is 0 Å². The summed E-state index contributed by atoms with van der Waals surface area (Å²) < 4.78 is 152. The van der Waals surface area contributed by atoms with Crippen LogP contribution in [-0.2, 0) is 31.2 Å². The van der Waals surface area contributed by atoms with Gasteiger partial charge in [0.25, 0.3) is 11.6 Å². The Morgan fingerprint density at radius 1 is 0.672 bits per heavy atom. The summed E-state index contributed by atoms with van der Waals surface area (Å²) in [6.07, 6.45) is -22.4. The minimum Gasteiger partial charge on any atom is -0.869 e. The number of ketones is 2. The van der Waals surface area contributed by atoms with Gasteiger partial charge in [-0.25, -0.2) is 0 Å². The monoisotopic (exact) mass is 1040 g/mol. The molecule has 1 aliphatic heterocycles. The number of nitroso groups, excluding NO2 is 1. The van der Waals surface area contributed by atoms with E-state index >= 15 is 0 Å². The molecule has 1 fully saturated rings. The number of piperidine rings is 1. The Labute approximate surface area is 391 Å². The third-order valence-corrected chi connectivity index (χ3v) is 12.4. The summed E-state index contributed by atoms with van der Waals surface area (Å²) in [6, 6.07) is 28.0. The van der Waals surface area contributed by atoms with Crippen LogP contribution in [0.25, 0.3) is 0 Å². The van der Waals surface area contributed by atoms with E-state index in [0.29, 0.717) is 0 Å². The first kappa shape index (κ1) is 62.3. The molecule has 2 atom stereocenters. The molecule has 0 unspecified atom stereocenters. The van der Waals surface area contributed by atoms with Crippen LogP contribution in [0.1, 0.15) is 73.8 Å².